The van der Waals surface area contributed by atoms with E-state index >= 15 is 0 Å². The van der Waals surface area contributed by atoms with Gasteiger partial charge >= 0.3 is 31.5 Å². The SMILES string of the molecule is C1=[P+]=NCC1. The van der Waals surface area contributed by atoms with Gasteiger partial charge in [0.25, 0.3) is 0 Å². The molecule has 2 heteroatoms. The molecule has 0 aliphatic carbocycles. The fraction of sp³-hybridized carbons (Fsp3) is 0.667. The summed E-state index contributed by atoms with van der Waals surface area (Å²) in [6, 6.07) is 0. The Morgan fingerprint density at radius 3 is 3.00 bits per heavy atom. The van der Waals surface area contributed by atoms with Gasteiger partial charge in [-0.15, -0.1) is 0 Å². The average molecular weight is 86.1 g/mol. The zero-order valence-corrected chi connectivity index (χ0v) is 3.78. The van der Waals surface area contributed by atoms with Crippen molar-refractivity contribution in [3.63, 3.8) is 0 Å². The predicted octanol–water partition coefficient (Wildman–Crippen LogP) is 1.32. The second-order valence-electron chi connectivity index (χ2n) is 0.952. The molecule has 1 nitrogen and oxygen atoms in total. The molecule has 1 heterocycles. The Labute approximate surface area is 32.5 Å². The van der Waals surface area contributed by atoms with Gasteiger partial charge in [0.15, 0.2) is 0 Å². The molecule has 0 unspecified atom stereocenters. The third kappa shape index (κ3) is 0.695. The predicted molar refractivity (Wildman–Crippen MR) is 24.9 cm³/mol. The summed E-state index contributed by atoms with van der Waals surface area (Å²) < 4.78 is 4.00. The van der Waals surface area contributed by atoms with Gasteiger partial charge in [-0.05, 0) is 0 Å². The third-order valence-electron chi connectivity index (χ3n) is 0.521. The first-order valence-corrected chi connectivity index (χ1v) is 2.60. The van der Waals surface area contributed by atoms with Gasteiger partial charge in [0.05, 0.1) is 0 Å². The molecule has 0 aromatic carbocycles. The van der Waals surface area contributed by atoms with E-state index in [2.05, 4.69) is 10.5 Å². The van der Waals surface area contributed by atoms with Crippen LogP contribution in [-0.4, -0.2) is 12.3 Å². The zero-order chi connectivity index (χ0) is 3.54. The molecule has 0 saturated heterocycles. The summed E-state index contributed by atoms with van der Waals surface area (Å²) in [4.78, 5) is 0. The number of rotatable bonds is 0. The van der Waals surface area contributed by atoms with Crippen LogP contribution in [0.15, 0.2) is 4.74 Å². The van der Waals surface area contributed by atoms with Crippen molar-refractivity contribution >= 4 is 13.8 Å². The number of nitrogens with zero attached hydrogens (tertiary/aromatic N) is 1. The fourth-order valence-electron chi connectivity index (χ4n) is 0.289. The van der Waals surface area contributed by atoms with Gasteiger partial charge < -0.3 is 0 Å². The molecule has 0 radical (unpaired) electrons. The Morgan fingerprint density at radius 1 is 1.80 bits per heavy atom. The number of hydrogen-bond acceptors (Lipinski definition) is 1. The van der Waals surface area contributed by atoms with Crippen LogP contribution >= 0.6 is 8.00 Å². The monoisotopic (exact) mass is 86.0 g/mol. The van der Waals surface area contributed by atoms with Crippen LogP contribution in [0.1, 0.15) is 6.42 Å². The van der Waals surface area contributed by atoms with Crippen LogP contribution in [0.5, 0.6) is 0 Å². The van der Waals surface area contributed by atoms with Crippen molar-refractivity contribution in [1.29, 1.82) is 0 Å². The Bertz CT molecular complexity index is 72.9. The third-order valence-corrected chi connectivity index (χ3v) is 1.31. The minimum atomic E-state index is 1.06. The molecule has 0 fully saturated rings. The molecule has 1 rings (SSSR count). The first-order valence-electron chi connectivity index (χ1n) is 1.68. The molecular formula is C3H5NP+. The second-order valence-corrected chi connectivity index (χ2v) is 1.83. The summed E-state index contributed by atoms with van der Waals surface area (Å²) in [6.07, 6.45) is 1.20. The molecular weight excluding hydrogens is 81.0 g/mol. The molecule has 0 N–H and O–H groups in total. The Balaban J connectivity index is 2.64. The molecule has 0 bridgehead atoms. The van der Waals surface area contributed by atoms with Crippen molar-refractivity contribution < 1.29 is 0 Å². The fourth-order valence-corrected chi connectivity index (χ4v) is 0.866. The van der Waals surface area contributed by atoms with E-state index in [-0.39, 0.29) is 0 Å². The van der Waals surface area contributed by atoms with Gasteiger partial charge in [-0.3, -0.25) is 0 Å². The summed E-state index contributed by atoms with van der Waals surface area (Å²) in [7, 11) is 1.19. The molecule has 1 aliphatic rings. The van der Waals surface area contributed by atoms with Crippen LogP contribution < -0.4 is 0 Å². The van der Waals surface area contributed by atoms with Crippen molar-refractivity contribution in [3.05, 3.63) is 0 Å². The molecule has 0 amide bonds. The van der Waals surface area contributed by atoms with Crippen molar-refractivity contribution in [2.75, 3.05) is 6.54 Å². The summed E-state index contributed by atoms with van der Waals surface area (Å²) >= 11 is 0. The normalized spacial score (nSPS) is 19.2. The van der Waals surface area contributed by atoms with Crippen molar-refractivity contribution in [3.8, 4) is 0 Å². The van der Waals surface area contributed by atoms with E-state index in [0.717, 1.165) is 6.54 Å². The Kier molecular flexibility index (Phi) is 0.999. The average Bonchev–Trinajstić information content (AvgIpc) is 1.76. The first kappa shape index (κ1) is 3.30. The molecule has 0 aromatic rings. The van der Waals surface area contributed by atoms with Crippen molar-refractivity contribution in [2.45, 2.75) is 6.42 Å². The van der Waals surface area contributed by atoms with Crippen LogP contribution in [0, 0.1) is 0 Å². The van der Waals surface area contributed by atoms with Gasteiger partial charge in [-0.25, -0.2) is 0 Å². The molecule has 1 aliphatic heterocycles. The van der Waals surface area contributed by atoms with Gasteiger partial charge in [0.1, 0.15) is 0 Å². The maximum absolute atomic E-state index is 4.00. The quantitative estimate of drug-likeness (QED) is 0.394. The molecule has 0 atom stereocenters. The maximum atomic E-state index is 4.00. The van der Waals surface area contributed by atoms with Gasteiger partial charge in [-0.2, -0.15) is 0 Å². The van der Waals surface area contributed by atoms with E-state index in [4.69, 9.17) is 0 Å². The van der Waals surface area contributed by atoms with Crippen LogP contribution in [0.2, 0.25) is 0 Å². The Morgan fingerprint density at radius 2 is 2.80 bits per heavy atom. The molecule has 5 heavy (non-hydrogen) atoms. The van der Waals surface area contributed by atoms with Crippen molar-refractivity contribution in [2.24, 2.45) is 4.74 Å². The van der Waals surface area contributed by atoms with E-state index in [9.17, 15) is 0 Å². The van der Waals surface area contributed by atoms with Gasteiger partial charge in [0, 0.05) is 0 Å². The van der Waals surface area contributed by atoms with E-state index in [0.29, 0.717) is 0 Å². The van der Waals surface area contributed by atoms with Crippen LogP contribution in [0.25, 0.3) is 0 Å². The number of hydrogen-bond donors (Lipinski definition) is 0. The van der Waals surface area contributed by atoms with Crippen LogP contribution in [0.4, 0.5) is 0 Å². The molecule has 0 saturated carbocycles. The second kappa shape index (κ2) is 1.51. The van der Waals surface area contributed by atoms with Crippen LogP contribution in [-0.2, 0) is 0 Å². The summed E-state index contributed by atoms with van der Waals surface area (Å²) in [5, 5.41) is 0. The molecule has 0 spiro atoms. The van der Waals surface area contributed by atoms with E-state index in [1.807, 2.05) is 0 Å². The van der Waals surface area contributed by atoms with Crippen molar-refractivity contribution in [1.82, 2.24) is 0 Å². The first-order chi connectivity index (χ1) is 2.50. The Hall–Kier alpha value is 0.100. The minimum absolute atomic E-state index is 1.06. The van der Waals surface area contributed by atoms with E-state index < -0.39 is 0 Å². The zero-order valence-electron chi connectivity index (χ0n) is 2.89. The summed E-state index contributed by atoms with van der Waals surface area (Å²) in [6.45, 7) is 1.06. The molecule has 0 aromatic heterocycles. The topological polar surface area (TPSA) is 12.4 Å². The van der Waals surface area contributed by atoms with Gasteiger partial charge in [0.2, 0.25) is 0 Å². The summed E-state index contributed by atoms with van der Waals surface area (Å²) in [5.74, 6) is 2.17. The van der Waals surface area contributed by atoms with E-state index in [1.165, 1.54) is 14.4 Å². The summed E-state index contributed by atoms with van der Waals surface area (Å²) in [5.41, 5.74) is 0. The van der Waals surface area contributed by atoms with Crippen LogP contribution in [0.3, 0.4) is 0 Å². The standard InChI is InChI=1S/C3H5NP/c1-2-4-5-3-1/h3H,1-2H2/q+1. The van der Waals surface area contributed by atoms with Gasteiger partial charge in [-0.1, -0.05) is 0 Å². The molecule has 26 valence electrons. The van der Waals surface area contributed by atoms with E-state index in [1.54, 1.807) is 0 Å².